The molecule has 0 radical (unpaired) electrons. The van der Waals surface area contributed by atoms with Crippen LogP contribution in [0.5, 0.6) is 0 Å². The van der Waals surface area contributed by atoms with Gasteiger partial charge in [0.1, 0.15) is 110 Å². The fourth-order valence-electron chi connectivity index (χ4n) is 18.4. The molecule has 29 heteroatoms. The minimum atomic E-state index is -1.92. The van der Waals surface area contributed by atoms with Gasteiger partial charge in [0, 0.05) is 11.0 Å². The van der Waals surface area contributed by atoms with E-state index in [2.05, 4.69) is 40.7 Å². The largest absolute Gasteiger partial charge is 0.453 e. The second-order valence-corrected chi connectivity index (χ2v) is 30.7. The normalized spacial score (nSPS) is 52.7. The van der Waals surface area contributed by atoms with E-state index in [1.165, 1.54) is 19.9 Å². The summed E-state index contributed by atoms with van der Waals surface area (Å²) in [5.74, 6) is -1.11. The number of rotatable bonds is 17. The predicted octanol–water partition coefficient (Wildman–Crippen LogP) is -3.25. The molecule has 5 heterocycles. The van der Waals surface area contributed by atoms with Gasteiger partial charge in [-0.3, -0.25) is 0 Å². The van der Waals surface area contributed by atoms with Crippen molar-refractivity contribution in [2.45, 2.75) is 292 Å². The van der Waals surface area contributed by atoms with E-state index in [1.807, 2.05) is 13.8 Å². The van der Waals surface area contributed by atoms with Crippen molar-refractivity contribution in [3.8, 4) is 0 Å². The van der Waals surface area contributed by atoms with Crippen LogP contribution in [-0.4, -0.2) is 298 Å². The van der Waals surface area contributed by atoms with Crippen LogP contribution >= 0.6 is 0 Å². The lowest BCUT2D eigenvalue weighted by molar-refractivity contribution is -0.374. The molecule has 17 N–H and O–H groups in total. The molecule has 10 rings (SSSR count). The zero-order chi connectivity index (χ0) is 69.0. The highest BCUT2D eigenvalue weighted by Gasteiger charge is 2.71. The van der Waals surface area contributed by atoms with Gasteiger partial charge in [0.25, 0.3) is 0 Å². The van der Waals surface area contributed by atoms with E-state index >= 15 is 0 Å². The number of allylic oxidation sites excluding steroid dienone is 3. The third-order valence-corrected chi connectivity index (χ3v) is 24.8. The maximum Gasteiger partial charge on any atom is 0.333 e. The Balaban J connectivity index is 0.900. The molecule has 0 amide bonds. The summed E-state index contributed by atoms with van der Waals surface area (Å²) in [6.07, 6.45) is -35.6. The predicted molar refractivity (Wildman–Crippen MR) is 320 cm³/mol. The fraction of sp³-hybridized carbons (Fsp3) is 0.923. The molecule has 0 spiro atoms. The number of aliphatic hydroxyl groups is 17. The molecule has 10 aliphatic rings. The Morgan fingerprint density at radius 1 is 0.543 bits per heavy atom. The van der Waals surface area contributed by atoms with Gasteiger partial charge in [0.2, 0.25) is 0 Å². The van der Waals surface area contributed by atoms with Gasteiger partial charge in [0.15, 0.2) is 37.6 Å². The molecular weight excluding hydrogens is 1240 g/mol. The van der Waals surface area contributed by atoms with Gasteiger partial charge in [0.05, 0.1) is 57.5 Å². The number of ether oxygens (including phenoxy) is 11. The fourth-order valence-corrected chi connectivity index (χ4v) is 18.4. The molecule has 94 heavy (non-hydrogen) atoms. The first kappa shape index (κ1) is 74.6. The van der Waals surface area contributed by atoms with Gasteiger partial charge in [-0.2, -0.15) is 0 Å². The third kappa shape index (κ3) is 12.8. The van der Waals surface area contributed by atoms with Crippen LogP contribution in [0.3, 0.4) is 0 Å². The Kier molecular flexibility index (Phi) is 22.2. The van der Waals surface area contributed by atoms with Crippen LogP contribution in [0.25, 0.3) is 0 Å². The zero-order valence-electron chi connectivity index (χ0n) is 55.2. The molecule has 0 aromatic carbocycles. The van der Waals surface area contributed by atoms with Gasteiger partial charge in [-0.25, -0.2) is 4.79 Å². The number of carbonyl (C=O) groups is 1. The summed E-state index contributed by atoms with van der Waals surface area (Å²) in [7, 11) is 0. The van der Waals surface area contributed by atoms with Gasteiger partial charge in [-0.05, 0) is 117 Å². The number of hydrogen-bond donors (Lipinski definition) is 17. The van der Waals surface area contributed by atoms with E-state index in [9.17, 15) is 91.6 Å². The SMILES string of the molecule is C/C=C(/C)C(=O)OC1C(O)[C@H](O[C@H]2CC[C@@]3(C)C(CC[C@]4(C)C3CC=C3C5CC(C)(C)[C@@H](O)[C@H](O)[C@]5(CO[C@@H]5OC(CO[C@@H]6OC(CO)[C@@H](O)C(O)C6O)[C@@H](O)C(O)C5O[C@@H]5OC(C)[C@H](O)C(O)C5O)CC[C@]34C)C2(C)C)OC(CO[C@@H]2OC(CO)[C@@H](O)C(O)C2O)[C@H]1O. The molecule has 5 aliphatic carbocycles. The summed E-state index contributed by atoms with van der Waals surface area (Å²) in [5.41, 5.74) is -2.50. The molecule has 540 valence electrons. The monoisotopic (exact) mass is 1350 g/mol. The van der Waals surface area contributed by atoms with Crippen molar-refractivity contribution in [1.82, 2.24) is 0 Å². The van der Waals surface area contributed by atoms with Crippen LogP contribution in [0.4, 0.5) is 0 Å². The van der Waals surface area contributed by atoms with E-state index in [0.29, 0.717) is 38.5 Å². The number of fused-ring (bicyclic) bond motifs is 7. The summed E-state index contributed by atoms with van der Waals surface area (Å²) in [4.78, 5) is 13.3. The zero-order valence-corrected chi connectivity index (χ0v) is 55.2. The first-order chi connectivity index (χ1) is 44.0. The highest BCUT2D eigenvalue weighted by molar-refractivity contribution is 5.87. The van der Waals surface area contributed by atoms with E-state index < -0.39 is 232 Å². The van der Waals surface area contributed by atoms with Crippen molar-refractivity contribution in [2.75, 3.05) is 33.0 Å². The average molecular weight is 1350 g/mol. The van der Waals surface area contributed by atoms with Gasteiger partial charge >= 0.3 is 5.97 Å². The third-order valence-electron chi connectivity index (χ3n) is 24.8. The summed E-state index contributed by atoms with van der Waals surface area (Å²) >= 11 is 0. The van der Waals surface area contributed by atoms with Crippen molar-refractivity contribution >= 4 is 5.97 Å². The van der Waals surface area contributed by atoms with E-state index in [4.69, 9.17) is 52.1 Å². The quantitative estimate of drug-likeness (QED) is 0.0294. The molecule has 29 nitrogen and oxygen atoms in total. The lowest BCUT2D eigenvalue weighted by Crippen LogP contribution is -2.69. The number of aliphatic hydroxyl groups excluding tert-OH is 17. The van der Waals surface area contributed by atoms with Crippen LogP contribution in [0.2, 0.25) is 0 Å². The van der Waals surface area contributed by atoms with Crippen molar-refractivity contribution in [3.05, 3.63) is 23.3 Å². The van der Waals surface area contributed by atoms with Crippen LogP contribution in [0, 0.1) is 50.2 Å². The summed E-state index contributed by atoms with van der Waals surface area (Å²) in [5, 5.41) is 187. The molecule has 9 fully saturated rings. The molecular formula is C65H106O29. The topological polar surface area (TPSA) is 463 Å². The molecule has 0 bridgehead atoms. The lowest BCUT2D eigenvalue weighted by Gasteiger charge is -2.72. The first-order valence-electron chi connectivity index (χ1n) is 33.4. The Hall–Kier alpha value is -2.13. The minimum absolute atomic E-state index is 0.0299. The highest BCUT2D eigenvalue weighted by Crippen LogP contribution is 2.76. The molecule has 4 saturated carbocycles. The first-order valence-corrected chi connectivity index (χ1v) is 33.4. The summed E-state index contributed by atoms with van der Waals surface area (Å²) < 4.78 is 66.6. The number of carbonyl (C=O) groups excluding carboxylic acids is 1. The van der Waals surface area contributed by atoms with Crippen LogP contribution in [0.15, 0.2) is 23.3 Å². The highest BCUT2D eigenvalue weighted by atomic mass is 16.8. The minimum Gasteiger partial charge on any atom is -0.453 e. The van der Waals surface area contributed by atoms with Crippen molar-refractivity contribution in [3.63, 3.8) is 0 Å². The smallest absolute Gasteiger partial charge is 0.333 e. The van der Waals surface area contributed by atoms with Gasteiger partial charge in [-0.1, -0.05) is 66.2 Å². The molecule has 5 saturated heterocycles. The number of hydrogen-bond acceptors (Lipinski definition) is 29. The Bertz CT molecular complexity index is 2660. The second-order valence-electron chi connectivity index (χ2n) is 30.7. The number of esters is 1. The Labute approximate surface area is 547 Å². The lowest BCUT2D eigenvalue weighted by atomic mass is 9.33. The Morgan fingerprint density at radius 2 is 1.07 bits per heavy atom. The summed E-state index contributed by atoms with van der Waals surface area (Å²) in [6.45, 7) is 16.7. The van der Waals surface area contributed by atoms with Crippen molar-refractivity contribution in [2.24, 2.45) is 50.2 Å². The maximum atomic E-state index is 13.3. The summed E-state index contributed by atoms with van der Waals surface area (Å²) in [6, 6.07) is 0. The second kappa shape index (κ2) is 28.0. The van der Waals surface area contributed by atoms with Crippen molar-refractivity contribution < 1.29 is 144 Å². The molecule has 0 aromatic rings. The van der Waals surface area contributed by atoms with Crippen LogP contribution in [0.1, 0.15) is 121 Å². The molecule has 5 aliphatic heterocycles. The molecule has 0 aromatic heterocycles. The van der Waals surface area contributed by atoms with E-state index in [0.717, 1.165) is 18.4 Å². The van der Waals surface area contributed by atoms with Gasteiger partial charge in [-0.15, -0.1) is 0 Å². The molecule has 35 atom stereocenters. The standard InChI is InChI=1S/C65H106O29/c1-11-26(2)54(83)93-50-41(72)33(24-85-56-47(78)44(75)39(70)31(22-67)89-56)90-58(49(50)80)92-36-15-16-62(8)34(61(36,6)7)14-17-64(10)35(62)13-12-28-29-20-60(4,5)52(81)53(82)65(29,19-18-63(28,64)9)25-86-59-51(94-57-48(79)42(73)37(68)27(3)87-57)45(76)40(71)32(91-59)23-84-55-46(77)43(74)38(69)30(21-66)88-55/h11-12,27,29-53,55-59,66-82H,13-25H2,1-10H3/b26-11-/t27?,29?,30?,31?,32?,33?,34?,35?,36-,37-,38+,39+,40+,41+,42?,43?,44?,45?,46?,47?,48?,49?,50?,51?,52-,53-,55+,56+,57-,58-,59+,62-,63+,64+,65-/m0/s1. The van der Waals surface area contributed by atoms with Gasteiger partial charge < -0.3 is 139 Å². The average Bonchev–Trinajstić information content (AvgIpc) is 0.674. The molecule has 18 unspecified atom stereocenters. The maximum absolute atomic E-state index is 13.3. The van der Waals surface area contributed by atoms with E-state index in [1.54, 1.807) is 6.92 Å². The van der Waals surface area contributed by atoms with Crippen LogP contribution in [-0.2, 0) is 56.9 Å². The van der Waals surface area contributed by atoms with Crippen LogP contribution < -0.4 is 0 Å². The van der Waals surface area contributed by atoms with Crippen molar-refractivity contribution in [1.29, 1.82) is 0 Å². The van der Waals surface area contributed by atoms with E-state index in [-0.39, 0.29) is 34.8 Å². The Morgan fingerprint density at radius 3 is 1.66 bits per heavy atom.